The van der Waals surface area contributed by atoms with Crippen LogP contribution in [0.3, 0.4) is 0 Å². The first-order valence-corrected chi connectivity index (χ1v) is 6.96. The number of carbonyl (C=O) groups is 1. The predicted octanol–water partition coefficient (Wildman–Crippen LogP) is 2.70. The van der Waals surface area contributed by atoms with Crippen LogP contribution in [0.15, 0.2) is 18.2 Å². The van der Waals surface area contributed by atoms with Gasteiger partial charge in [-0.25, -0.2) is 0 Å². The Morgan fingerprint density at radius 3 is 2.68 bits per heavy atom. The molecule has 0 aliphatic carbocycles. The highest BCUT2D eigenvalue weighted by Gasteiger charge is 2.23. The number of nitrogens with two attached hydrogens (primary N) is 1. The van der Waals surface area contributed by atoms with Gasteiger partial charge in [0.25, 0.3) is 5.91 Å². The summed E-state index contributed by atoms with van der Waals surface area (Å²) in [6.07, 6.45) is 2.85. The van der Waals surface area contributed by atoms with E-state index >= 15 is 0 Å². The summed E-state index contributed by atoms with van der Waals surface area (Å²) < 4.78 is 5.63. The average molecular weight is 283 g/mol. The van der Waals surface area contributed by atoms with E-state index in [1.165, 1.54) is 6.42 Å². The zero-order valence-electron chi connectivity index (χ0n) is 11.1. The van der Waals surface area contributed by atoms with Crippen LogP contribution in [0, 0.1) is 0 Å². The second-order valence-corrected chi connectivity index (χ2v) is 5.24. The Hall–Kier alpha value is -1.42. The number of rotatable bonds is 3. The van der Waals surface area contributed by atoms with Gasteiger partial charge in [0.05, 0.1) is 10.7 Å². The van der Waals surface area contributed by atoms with Gasteiger partial charge in [-0.2, -0.15) is 0 Å². The number of nitrogen functional groups attached to an aromatic ring is 1. The minimum Gasteiger partial charge on any atom is -0.481 e. The highest BCUT2D eigenvalue weighted by molar-refractivity contribution is 6.33. The number of piperidine rings is 1. The lowest BCUT2D eigenvalue weighted by atomic mass is 10.1. The zero-order valence-corrected chi connectivity index (χ0v) is 11.8. The minimum atomic E-state index is -0.502. The molecule has 1 aromatic carbocycles. The molecule has 2 rings (SSSR count). The second kappa shape index (κ2) is 6.15. The van der Waals surface area contributed by atoms with Gasteiger partial charge >= 0.3 is 0 Å². The van der Waals surface area contributed by atoms with Gasteiger partial charge in [0, 0.05) is 19.2 Å². The number of benzene rings is 1. The zero-order chi connectivity index (χ0) is 13.8. The van der Waals surface area contributed by atoms with Gasteiger partial charge in [-0.15, -0.1) is 0 Å². The fourth-order valence-corrected chi connectivity index (χ4v) is 2.38. The van der Waals surface area contributed by atoms with Crippen LogP contribution in [-0.2, 0) is 4.79 Å². The van der Waals surface area contributed by atoms with Crippen LogP contribution in [0.2, 0.25) is 5.02 Å². The van der Waals surface area contributed by atoms with E-state index in [0.717, 1.165) is 25.9 Å². The molecule has 1 heterocycles. The van der Waals surface area contributed by atoms with Crippen molar-refractivity contribution < 1.29 is 9.53 Å². The fraction of sp³-hybridized carbons (Fsp3) is 0.500. The van der Waals surface area contributed by atoms with E-state index in [1.807, 2.05) is 4.90 Å². The SMILES string of the molecule is CC(Oc1ccc(N)c(Cl)c1)C(=O)N1CCCCC1. The van der Waals surface area contributed by atoms with Gasteiger partial charge in [0.15, 0.2) is 6.10 Å². The Morgan fingerprint density at radius 1 is 1.37 bits per heavy atom. The molecule has 5 heteroatoms. The molecule has 1 aliphatic rings. The third-order valence-electron chi connectivity index (χ3n) is 3.30. The molecule has 0 bridgehead atoms. The highest BCUT2D eigenvalue weighted by Crippen LogP contribution is 2.25. The highest BCUT2D eigenvalue weighted by atomic mass is 35.5. The third kappa shape index (κ3) is 3.53. The van der Waals surface area contributed by atoms with E-state index in [9.17, 15) is 4.79 Å². The Morgan fingerprint density at radius 2 is 2.05 bits per heavy atom. The minimum absolute atomic E-state index is 0.0349. The van der Waals surface area contributed by atoms with Crippen molar-refractivity contribution in [2.24, 2.45) is 0 Å². The van der Waals surface area contributed by atoms with Gasteiger partial charge in [-0.3, -0.25) is 4.79 Å². The normalized spacial score (nSPS) is 17.1. The molecule has 19 heavy (non-hydrogen) atoms. The van der Waals surface area contributed by atoms with Crippen molar-refractivity contribution in [2.75, 3.05) is 18.8 Å². The molecule has 1 unspecified atom stereocenters. The molecule has 0 radical (unpaired) electrons. The maximum absolute atomic E-state index is 12.2. The van der Waals surface area contributed by atoms with Gasteiger partial charge in [0.2, 0.25) is 0 Å². The number of hydrogen-bond donors (Lipinski definition) is 1. The van der Waals surface area contributed by atoms with Crippen molar-refractivity contribution in [1.29, 1.82) is 0 Å². The number of hydrogen-bond acceptors (Lipinski definition) is 3. The van der Waals surface area contributed by atoms with Crippen molar-refractivity contribution >= 4 is 23.2 Å². The summed E-state index contributed by atoms with van der Waals surface area (Å²) in [5.74, 6) is 0.602. The molecule has 1 saturated heterocycles. The first kappa shape index (κ1) is 14.0. The molecule has 2 N–H and O–H groups in total. The topological polar surface area (TPSA) is 55.6 Å². The first-order chi connectivity index (χ1) is 9.08. The van der Waals surface area contributed by atoms with Crippen molar-refractivity contribution in [3.05, 3.63) is 23.2 Å². The van der Waals surface area contributed by atoms with Crippen molar-refractivity contribution in [3.63, 3.8) is 0 Å². The molecule has 1 fully saturated rings. The molecule has 1 atom stereocenters. The molecule has 0 aromatic heterocycles. The quantitative estimate of drug-likeness (QED) is 0.867. The summed E-state index contributed by atoms with van der Waals surface area (Å²) in [6, 6.07) is 5.04. The standard InChI is InChI=1S/C14H19ClN2O2/c1-10(14(18)17-7-3-2-4-8-17)19-11-5-6-13(16)12(15)9-11/h5-6,9-10H,2-4,7-8,16H2,1H3. The van der Waals surface area contributed by atoms with Crippen molar-refractivity contribution in [3.8, 4) is 5.75 Å². The summed E-state index contributed by atoms with van der Waals surface area (Å²) in [5.41, 5.74) is 6.14. The van der Waals surface area contributed by atoms with E-state index < -0.39 is 6.10 Å². The van der Waals surface area contributed by atoms with Crippen LogP contribution in [0.4, 0.5) is 5.69 Å². The summed E-state index contributed by atoms with van der Waals surface area (Å²) in [6.45, 7) is 3.42. The van der Waals surface area contributed by atoms with E-state index in [2.05, 4.69) is 0 Å². The van der Waals surface area contributed by atoms with Crippen LogP contribution < -0.4 is 10.5 Å². The predicted molar refractivity (Wildman–Crippen MR) is 76.4 cm³/mol. The van der Waals surface area contributed by atoms with Crippen LogP contribution in [0.5, 0.6) is 5.75 Å². The van der Waals surface area contributed by atoms with E-state index in [4.69, 9.17) is 22.1 Å². The van der Waals surface area contributed by atoms with Gasteiger partial charge in [0.1, 0.15) is 5.75 Å². The molecular formula is C14H19ClN2O2. The van der Waals surface area contributed by atoms with Crippen LogP contribution >= 0.6 is 11.6 Å². The first-order valence-electron chi connectivity index (χ1n) is 6.58. The third-order valence-corrected chi connectivity index (χ3v) is 3.63. The molecule has 4 nitrogen and oxygen atoms in total. The lowest BCUT2D eigenvalue weighted by Gasteiger charge is -2.29. The Labute approximate surface area is 118 Å². The van der Waals surface area contributed by atoms with E-state index in [0.29, 0.717) is 16.5 Å². The van der Waals surface area contributed by atoms with Crippen molar-refractivity contribution in [1.82, 2.24) is 4.90 Å². The molecular weight excluding hydrogens is 264 g/mol. The van der Waals surface area contributed by atoms with Gasteiger partial charge in [-0.05, 0) is 38.3 Å². The average Bonchev–Trinajstić information content (AvgIpc) is 2.43. The van der Waals surface area contributed by atoms with Gasteiger partial charge < -0.3 is 15.4 Å². The monoisotopic (exact) mass is 282 g/mol. The molecule has 0 saturated carbocycles. The summed E-state index contributed by atoms with van der Waals surface area (Å²) in [5, 5.41) is 0.440. The van der Waals surface area contributed by atoms with Crippen LogP contribution in [-0.4, -0.2) is 30.0 Å². The number of anilines is 1. The number of amides is 1. The lowest BCUT2D eigenvalue weighted by Crippen LogP contribution is -2.43. The maximum Gasteiger partial charge on any atom is 0.263 e. The van der Waals surface area contributed by atoms with E-state index in [1.54, 1.807) is 25.1 Å². The summed E-state index contributed by atoms with van der Waals surface area (Å²) >= 11 is 5.93. The number of nitrogens with zero attached hydrogens (tertiary/aromatic N) is 1. The fourth-order valence-electron chi connectivity index (χ4n) is 2.21. The Balaban J connectivity index is 1.97. The molecule has 104 valence electrons. The summed E-state index contributed by atoms with van der Waals surface area (Å²) in [4.78, 5) is 14.1. The number of carbonyl (C=O) groups excluding carboxylic acids is 1. The molecule has 1 aromatic rings. The van der Waals surface area contributed by atoms with Crippen LogP contribution in [0.1, 0.15) is 26.2 Å². The Kier molecular flexibility index (Phi) is 4.53. The smallest absolute Gasteiger partial charge is 0.263 e. The van der Waals surface area contributed by atoms with Gasteiger partial charge in [-0.1, -0.05) is 11.6 Å². The molecule has 0 spiro atoms. The van der Waals surface area contributed by atoms with Crippen LogP contribution in [0.25, 0.3) is 0 Å². The molecule has 1 amide bonds. The summed E-state index contributed by atoms with van der Waals surface area (Å²) in [7, 11) is 0. The Bertz CT molecular complexity index is 459. The van der Waals surface area contributed by atoms with E-state index in [-0.39, 0.29) is 5.91 Å². The number of likely N-dealkylation sites (tertiary alicyclic amines) is 1. The lowest BCUT2D eigenvalue weighted by molar-refractivity contribution is -0.138. The molecule has 1 aliphatic heterocycles. The number of halogens is 1. The largest absolute Gasteiger partial charge is 0.481 e. The number of ether oxygens (including phenoxy) is 1. The maximum atomic E-state index is 12.2. The second-order valence-electron chi connectivity index (χ2n) is 4.83. The van der Waals surface area contributed by atoms with Crippen molar-refractivity contribution in [2.45, 2.75) is 32.3 Å².